The molecule has 8 rings (SSSR count). The van der Waals surface area contributed by atoms with E-state index < -0.39 is 0 Å². The summed E-state index contributed by atoms with van der Waals surface area (Å²) in [5, 5.41) is 10.2. The average molecular weight is 507 g/mol. The molecule has 0 heterocycles. The predicted molar refractivity (Wildman–Crippen MR) is 173 cm³/mol. The second-order valence-electron chi connectivity index (χ2n) is 10.5. The van der Waals surface area contributed by atoms with Crippen molar-refractivity contribution in [3.63, 3.8) is 0 Å². The van der Waals surface area contributed by atoms with Crippen LogP contribution >= 0.6 is 0 Å². The maximum absolute atomic E-state index is 2.39. The second kappa shape index (κ2) is 9.22. The lowest BCUT2D eigenvalue weighted by atomic mass is 9.88. The van der Waals surface area contributed by atoms with Gasteiger partial charge in [0.15, 0.2) is 0 Å². The van der Waals surface area contributed by atoms with Crippen molar-refractivity contribution < 1.29 is 0 Å². The van der Waals surface area contributed by atoms with Gasteiger partial charge in [0.1, 0.15) is 0 Å². The summed E-state index contributed by atoms with van der Waals surface area (Å²) in [4.78, 5) is 0. The van der Waals surface area contributed by atoms with Crippen LogP contribution in [0.3, 0.4) is 0 Å². The van der Waals surface area contributed by atoms with Crippen molar-refractivity contribution in [1.82, 2.24) is 0 Å². The van der Waals surface area contributed by atoms with E-state index in [9.17, 15) is 0 Å². The SMILES string of the molecule is c1cc(-c2cccc3ccccc23)cc(-c2cc(-c3cc4ccccc4c4ccccc34)cc3ccccc23)c1. The van der Waals surface area contributed by atoms with Crippen LogP contribution in [-0.2, 0) is 0 Å². The van der Waals surface area contributed by atoms with Gasteiger partial charge in [0.2, 0.25) is 0 Å². The predicted octanol–water partition coefficient (Wildman–Crippen LogP) is 11.3. The van der Waals surface area contributed by atoms with Gasteiger partial charge in [-0.25, -0.2) is 0 Å². The van der Waals surface area contributed by atoms with Crippen molar-refractivity contribution in [2.75, 3.05) is 0 Å². The van der Waals surface area contributed by atoms with Gasteiger partial charge in [-0.15, -0.1) is 0 Å². The first-order valence-electron chi connectivity index (χ1n) is 13.9. The van der Waals surface area contributed by atoms with Gasteiger partial charge in [-0.05, 0) is 101 Å². The van der Waals surface area contributed by atoms with E-state index in [1.807, 2.05) is 0 Å². The Bertz CT molecular complexity index is 2210. The molecule has 0 nitrogen and oxygen atoms in total. The summed E-state index contributed by atoms with van der Waals surface area (Å²) in [7, 11) is 0. The van der Waals surface area contributed by atoms with Gasteiger partial charge < -0.3 is 0 Å². The molecule has 0 aliphatic rings. The lowest BCUT2D eigenvalue weighted by Gasteiger charge is -2.15. The molecule has 0 saturated carbocycles. The molecule has 0 radical (unpaired) electrons. The minimum absolute atomic E-state index is 1.23. The van der Waals surface area contributed by atoms with Crippen LogP contribution in [0, 0.1) is 0 Å². The Hall–Kier alpha value is -5.20. The van der Waals surface area contributed by atoms with E-state index in [-0.39, 0.29) is 0 Å². The highest BCUT2D eigenvalue weighted by molar-refractivity contribution is 6.15. The lowest BCUT2D eigenvalue weighted by Crippen LogP contribution is -1.89. The van der Waals surface area contributed by atoms with E-state index in [4.69, 9.17) is 0 Å². The molecule has 0 N–H and O–H groups in total. The fourth-order valence-corrected chi connectivity index (χ4v) is 6.33. The van der Waals surface area contributed by atoms with Crippen LogP contribution in [0.1, 0.15) is 0 Å². The smallest absolute Gasteiger partial charge is 0.00986 e. The molecule has 0 aliphatic heterocycles. The maximum Gasteiger partial charge on any atom is -0.00986 e. The van der Waals surface area contributed by atoms with E-state index in [1.165, 1.54) is 76.5 Å². The summed E-state index contributed by atoms with van der Waals surface area (Å²) >= 11 is 0. The molecule has 0 saturated heterocycles. The molecule has 0 aromatic heterocycles. The van der Waals surface area contributed by atoms with Gasteiger partial charge in [0.25, 0.3) is 0 Å². The fraction of sp³-hybridized carbons (Fsp3) is 0. The third kappa shape index (κ3) is 3.69. The molecule has 0 fully saturated rings. The first-order valence-corrected chi connectivity index (χ1v) is 13.9. The third-order valence-corrected chi connectivity index (χ3v) is 8.22. The molecule has 8 aromatic carbocycles. The normalized spacial score (nSPS) is 11.5. The molecule has 0 atom stereocenters. The van der Waals surface area contributed by atoms with E-state index in [0.29, 0.717) is 0 Å². The van der Waals surface area contributed by atoms with E-state index in [1.54, 1.807) is 0 Å². The summed E-state index contributed by atoms with van der Waals surface area (Å²) in [6.07, 6.45) is 0. The molecule has 0 aliphatic carbocycles. The zero-order valence-electron chi connectivity index (χ0n) is 22.0. The summed E-state index contributed by atoms with van der Waals surface area (Å²) in [5.41, 5.74) is 7.50. The number of rotatable bonds is 3. The van der Waals surface area contributed by atoms with Crippen molar-refractivity contribution >= 4 is 43.1 Å². The standard InChI is InChI=1S/C40H26/c1-4-17-33-27(11-1)14-10-22-34(33)29-15-9-16-30(23-29)39-26-32(24-28-12-2-6-19-36(28)39)40-25-31-13-3-5-18-35(31)37-20-7-8-21-38(37)40/h1-26H. The second-order valence-corrected chi connectivity index (χ2v) is 10.5. The Labute approximate surface area is 233 Å². The van der Waals surface area contributed by atoms with Crippen LogP contribution in [0.25, 0.3) is 76.5 Å². The molecule has 0 amide bonds. The maximum atomic E-state index is 2.39. The zero-order valence-corrected chi connectivity index (χ0v) is 22.0. The summed E-state index contributed by atoms with van der Waals surface area (Å²) in [6.45, 7) is 0. The van der Waals surface area contributed by atoms with Gasteiger partial charge in [0, 0.05) is 0 Å². The van der Waals surface area contributed by atoms with Crippen molar-refractivity contribution in [3.05, 3.63) is 158 Å². The highest BCUT2D eigenvalue weighted by atomic mass is 14.2. The number of hydrogen-bond donors (Lipinski definition) is 0. The van der Waals surface area contributed by atoms with E-state index in [2.05, 4.69) is 158 Å². The van der Waals surface area contributed by atoms with Crippen molar-refractivity contribution in [3.8, 4) is 33.4 Å². The Morgan fingerprint density at radius 3 is 1.50 bits per heavy atom. The Balaban J connectivity index is 1.38. The first-order chi connectivity index (χ1) is 19.8. The highest BCUT2D eigenvalue weighted by Crippen LogP contribution is 2.40. The minimum Gasteiger partial charge on any atom is -0.0616 e. The molecular weight excluding hydrogens is 480 g/mol. The van der Waals surface area contributed by atoms with Crippen LogP contribution in [0.5, 0.6) is 0 Å². The summed E-state index contributed by atoms with van der Waals surface area (Å²) in [5.74, 6) is 0. The van der Waals surface area contributed by atoms with Gasteiger partial charge in [-0.2, -0.15) is 0 Å². The monoisotopic (exact) mass is 506 g/mol. The van der Waals surface area contributed by atoms with Crippen molar-refractivity contribution in [2.24, 2.45) is 0 Å². The quantitative estimate of drug-likeness (QED) is 0.209. The largest absolute Gasteiger partial charge is 0.0616 e. The van der Waals surface area contributed by atoms with E-state index in [0.717, 1.165) is 0 Å². The van der Waals surface area contributed by atoms with Gasteiger partial charge in [-0.1, -0.05) is 133 Å². The average Bonchev–Trinajstić information content (AvgIpc) is 3.03. The zero-order chi connectivity index (χ0) is 26.5. The van der Waals surface area contributed by atoms with Crippen LogP contribution in [0.2, 0.25) is 0 Å². The van der Waals surface area contributed by atoms with Gasteiger partial charge >= 0.3 is 0 Å². The lowest BCUT2D eigenvalue weighted by molar-refractivity contribution is 1.62. The van der Waals surface area contributed by atoms with Gasteiger partial charge in [0.05, 0.1) is 0 Å². The molecule has 0 unspecified atom stereocenters. The van der Waals surface area contributed by atoms with Crippen LogP contribution in [-0.4, -0.2) is 0 Å². The Morgan fingerprint density at radius 2 is 0.725 bits per heavy atom. The van der Waals surface area contributed by atoms with Crippen LogP contribution in [0.4, 0.5) is 0 Å². The molecule has 0 bridgehead atoms. The number of fused-ring (bicyclic) bond motifs is 5. The molecule has 0 heteroatoms. The Morgan fingerprint density at radius 1 is 0.225 bits per heavy atom. The molecular formula is C40H26. The van der Waals surface area contributed by atoms with Crippen molar-refractivity contribution in [1.29, 1.82) is 0 Å². The number of benzene rings is 8. The molecule has 0 spiro atoms. The first kappa shape index (κ1) is 22.8. The molecule has 8 aromatic rings. The summed E-state index contributed by atoms with van der Waals surface area (Å²) in [6, 6.07) is 57.6. The molecule has 40 heavy (non-hydrogen) atoms. The van der Waals surface area contributed by atoms with Crippen LogP contribution < -0.4 is 0 Å². The van der Waals surface area contributed by atoms with E-state index >= 15 is 0 Å². The Kier molecular flexibility index (Phi) is 5.24. The van der Waals surface area contributed by atoms with Crippen LogP contribution in [0.15, 0.2) is 158 Å². The fourth-order valence-electron chi connectivity index (χ4n) is 6.33. The third-order valence-electron chi connectivity index (χ3n) is 8.22. The minimum atomic E-state index is 1.23. The topological polar surface area (TPSA) is 0 Å². The number of hydrogen-bond acceptors (Lipinski definition) is 0. The van der Waals surface area contributed by atoms with Gasteiger partial charge in [-0.3, -0.25) is 0 Å². The highest BCUT2D eigenvalue weighted by Gasteiger charge is 2.13. The summed E-state index contributed by atoms with van der Waals surface area (Å²) < 4.78 is 0. The molecule has 186 valence electrons. The van der Waals surface area contributed by atoms with Crippen molar-refractivity contribution in [2.45, 2.75) is 0 Å².